The van der Waals surface area contributed by atoms with E-state index in [2.05, 4.69) is 247 Å². The van der Waals surface area contributed by atoms with Crippen molar-refractivity contribution in [3.05, 3.63) is 215 Å². The first-order valence-electron chi connectivity index (χ1n) is 23.9. The van der Waals surface area contributed by atoms with Gasteiger partial charge < -0.3 is 9.80 Å². The van der Waals surface area contributed by atoms with Crippen LogP contribution in [0.5, 0.6) is 0 Å². The van der Waals surface area contributed by atoms with Gasteiger partial charge in [-0.15, -0.1) is 0 Å². The second-order valence-corrected chi connectivity index (χ2v) is 20.5. The third kappa shape index (κ3) is 5.80. The summed E-state index contributed by atoms with van der Waals surface area (Å²) in [5.74, 6) is 0.601. The van der Waals surface area contributed by atoms with Gasteiger partial charge in [-0.05, 0) is 162 Å². The Balaban J connectivity index is 1.15. The molecule has 0 bridgehead atoms. The van der Waals surface area contributed by atoms with Gasteiger partial charge in [0, 0.05) is 44.4 Å². The van der Waals surface area contributed by atoms with Crippen LogP contribution < -0.4 is 9.80 Å². The zero-order valence-corrected chi connectivity index (χ0v) is 39.4. The number of hydrogen-bond acceptors (Lipinski definition) is 2. The van der Waals surface area contributed by atoms with Crippen LogP contribution in [0.2, 0.25) is 0 Å². The number of hydrogen-bond donors (Lipinski definition) is 0. The Kier molecular flexibility index (Phi) is 8.97. The van der Waals surface area contributed by atoms with Gasteiger partial charge in [-0.3, -0.25) is 0 Å². The fourth-order valence-corrected chi connectivity index (χ4v) is 12.0. The van der Waals surface area contributed by atoms with Gasteiger partial charge in [0.1, 0.15) is 0 Å². The normalized spacial score (nSPS) is 14.3. The van der Waals surface area contributed by atoms with Gasteiger partial charge in [-0.25, -0.2) is 0 Å². The summed E-state index contributed by atoms with van der Waals surface area (Å²) in [5, 5.41) is 7.88. The average Bonchev–Trinajstić information content (AvgIpc) is 3.70. The lowest BCUT2D eigenvalue weighted by atomic mass is 9.82. The van der Waals surface area contributed by atoms with Gasteiger partial charge in [0.15, 0.2) is 0 Å². The van der Waals surface area contributed by atoms with Crippen LogP contribution in [0.4, 0.5) is 34.1 Å². The quantitative estimate of drug-likeness (QED) is 0.141. The highest BCUT2D eigenvalue weighted by atomic mass is 15.1. The molecule has 0 saturated carbocycles. The van der Waals surface area contributed by atoms with E-state index in [-0.39, 0.29) is 10.8 Å². The lowest BCUT2D eigenvalue weighted by molar-refractivity contribution is 0.660. The van der Waals surface area contributed by atoms with Gasteiger partial charge in [0.05, 0.1) is 11.4 Å². The summed E-state index contributed by atoms with van der Waals surface area (Å²) in [4.78, 5) is 5.03. The summed E-state index contributed by atoms with van der Waals surface area (Å²) in [5.41, 5.74) is 20.4. The molecule has 322 valence electrons. The minimum absolute atomic E-state index is 0.0688. The zero-order chi connectivity index (χ0) is 45.2. The first-order valence-corrected chi connectivity index (χ1v) is 23.9. The van der Waals surface area contributed by atoms with Crippen molar-refractivity contribution in [2.75, 3.05) is 9.80 Å². The Bertz CT molecular complexity index is 3300. The third-order valence-electron chi connectivity index (χ3n) is 15.3. The summed E-state index contributed by atoms with van der Waals surface area (Å²) in [6.45, 7) is 18.9. The van der Waals surface area contributed by atoms with Crippen molar-refractivity contribution in [2.24, 2.45) is 0 Å². The molecular weight excluding hydrogens is 797 g/mol. The lowest BCUT2D eigenvalue weighted by Crippen LogP contribution is -2.15. The number of nitrogens with zero attached hydrogens (tertiary/aromatic N) is 2. The van der Waals surface area contributed by atoms with Crippen molar-refractivity contribution in [3.8, 4) is 22.3 Å². The highest BCUT2D eigenvalue weighted by Gasteiger charge is 2.37. The molecule has 0 N–H and O–H groups in total. The molecule has 2 aliphatic carbocycles. The number of fused-ring (bicyclic) bond motifs is 6. The van der Waals surface area contributed by atoms with Crippen LogP contribution >= 0.6 is 0 Å². The van der Waals surface area contributed by atoms with Crippen LogP contribution in [0, 0.1) is 0 Å². The lowest BCUT2D eigenvalue weighted by Gasteiger charge is -2.32. The highest BCUT2D eigenvalue weighted by Crippen LogP contribution is 2.55. The van der Waals surface area contributed by atoms with Crippen molar-refractivity contribution in [2.45, 2.75) is 78.1 Å². The summed E-state index contributed by atoms with van der Waals surface area (Å²) >= 11 is 0. The van der Waals surface area contributed by atoms with Crippen molar-refractivity contribution in [1.29, 1.82) is 0 Å². The molecule has 0 unspecified atom stereocenters. The third-order valence-corrected chi connectivity index (χ3v) is 15.3. The van der Waals surface area contributed by atoms with E-state index in [0.717, 1.165) is 22.7 Å². The number of rotatable bonds is 8. The molecule has 12 rings (SSSR count). The van der Waals surface area contributed by atoms with Gasteiger partial charge >= 0.3 is 0 Å². The summed E-state index contributed by atoms with van der Waals surface area (Å²) < 4.78 is 0. The van der Waals surface area contributed by atoms with Crippen LogP contribution in [0.1, 0.15) is 101 Å². The van der Waals surface area contributed by atoms with Crippen LogP contribution in [-0.2, 0) is 10.8 Å². The first kappa shape index (κ1) is 40.4. The van der Waals surface area contributed by atoms with E-state index in [0.29, 0.717) is 11.8 Å². The molecule has 10 aromatic rings. The van der Waals surface area contributed by atoms with Gasteiger partial charge in [-0.2, -0.15) is 0 Å². The minimum atomic E-state index is -0.0688. The van der Waals surface area contributed by atoms with Crippen molar-refractivity contribution >= 4 is 66.4 Å². The predicted molar refractivity (Wildman–Crippen MR) is 283 cm³/mol. The molecule has 0 radical (unpaired) electrons. The van der Waals surface area contributed by atoms with E-state index in [4.69, 9.17) is 0 Å². The van der Waals surface area contributed by atoms with Gasteiger partial charge in [-0.1, -0.05) is 165 Å². The molecule has 0 aromatic heterocycles. The molecule has 0 amide bonds. The Labute approximate surface area is 390 Å². The summed E-state index contributed by atoms with van der Waals surface area (Å²) in [6.07, 6.45) is 0. The Morgan fingerprint density at radius 2 is 0.682 bits per heavy atom. The molecule has 2 nitrogen and oxygen atoms in total. The molecule has 2 aliphatic rings. The maximum atomic E-state index is 2.53. The molecule has 0 heterocycles. The zero-order valence-electron chi connectivity index (χ0n) is 39.4. The molecule has 2 heteroatoms. The largest absolute Gasteiger partial charge is 0.310 e. The topological polar surface area (TPSA) is 6.48 Å². The predicted octanol–water partition coefficient (Wildman–Crippen LogP) is 18.4. The average molecular weight is 853 g/mol. The fraction of sp³-hybridized carbons (Fsp3) is 0.188. The van der Waals surface area contributed by atoms with Crippen molar-refractivity contribution < 1.29 is 0 Å². The van der Waals surface area contributed by atoms with E-state index in [1.165, 1.54) is 99.3 Å². The molecule has 0 saturated heterocycles. The molecule has 0 aliphatic heterocycles. The standard InChI is InChI=1S/C64H56N2/c1-39(2)49-37-53-59(65(41-19-11-9-12-20-41)43-27-31-57-51(35-43)45-23-15-17-25-55(45)63(57,5)6)34-30-48-50(40(3)4)38-54-60(33-29-47(49)61(54)62(48)53)66(42-21-13-10-14-22-42)44-28-32-58-52(36-44)46-24-16-18-26-56(46)64(58,7)8/h9-40H,1-8H3. The Morgan fingerprint density at radius 3 is 1.08 bits per heavy atom. The molecule has 0 spiro atoms. The first-order chi connectivity index (χ1) is 31.9. The van der Waals surface area contributed by atoms with Gasteiger partial charge in [0.2, 0.25) is 0 Å². The van der Waals surface area contributed by atoms with E-state index < -0.39 is 0 Å². The Hall–Kier alpha value is -7.16. The van der Waals surface area contributed by atoms with Crippen molar-refractivity contribution in [3.63, 3.8) is 0 Å². The SMILES string of the molecule is CC(C)c1cc2c(N(c3ccccc3)c3ccc4c(c3)-c3ccccc3C4(C)C)ccc3c(C(C)C)cc4c(N(c5ccccc5)c5ccc6c(c5)-c5ccccc5C6(C)C)ccc1c4c32. The number of anilines is 6. The smallest absolute Gasteiger partial charge is 0.0540 e. The van der Waals surface area contributed by atoms with Crippen molar-refractivity contribution in [1.82, 2.24) is 0 Å². The molecule has 10 aromatic carbocycles. The van der Waals surface area contributed by atoms with E-state index in [1.54, 1.807) is 0 Å². The van der Waals surface area contributed by atoms with E-state index >= 15 is 0 Å². The maximum absolute atomic E-state index is 2.53. The van der Waals surface area contributed by atoms with Crippen LogP contribution in [0.15, 0.2) is 182 Å². The molecule has 0 atom stereocenters. The molecular formula is C64H56N2. The van der Waals surface area contributed by atoms with Crippen LogP contribution in [-0.4, -0.2) is 0 Å². The second kappa shape index (κ2) is 14.7. The number of para-hydroxylation sites is 2. The van der Waals surface area contributed by atoms with Crippen LogP contribution in [0.3, 0.4) is 0 Å². The monoisotopic (exact) mass is 852 g/mol. The summed E-state index contributed by atoms with van der Waals surface area (Å²) in [6, 6.07) is 69.0. The maximum Gasteiger partial charge on any atom is 0.0540 e. The molecule has 0 fully saturated rings. The minimum Gasteiger partial charge on any atom is -0.310 e. The fourth-order valence-electron chi connectivity index (χ4n) is 12.0. The molecule has 66 heavy (non-hydrogen) atoms. The number of benzene rings is 10. The van der Waals surface area contributed by atoms with E-state index in [1.807, 2.05) is 0 Å². The van der Waals surface area contributed by atoms with Crippen LogP contribution in [0.25, 0.3) is 54.6 Å². The second-order valence-electron chi connectivity index (χ2n) is 20.5. The highest BCUT2D eigenvalue weighted by molar-refractivity contribution is 6.30. The Morgan fingerprint density at radius 1 is 0.318 bits per heavy atom. The van der Waals surface area contributed by atoms with E-state index in [9.17, 15) is 0 Å². The summed E-state index contributed by atoms with van der Waals surface area (Å²) in [7, 11) is 0. The van der Waals surface area contributed by atoms with Gasteiger partial charge in [0.25, 0.3) is 0 Å².